The zero-order chi connectivity index (χ0) is 19.8. The SMILES string of the molecule is Cc1ccc(NC(=O)CN2C(=O)N[C@@]3(CCCC[C@@H]3C)C2=O)cc1[N+](=O)[O-]. The molecule has 1 saturated carbocycles. The van der Waals surface area contributed by atoms with E-state index in [-0.39, 0.29) is 23.2 Å². The second kappa shape index (κ2) is 6.98. The molecule has 1 aromatic rings. The number of aryl methyl sites for hydroxylation is 1. The summed E-state index contributed by atoms with van der Waals surface area (Å²) >= 11 is 0. The number of benzene rings is 1. The van der Waals surface area contributed by atoms with Crippen molar-refractivity contribution in [1.82, 2.24) is 10.2 Å². The topological polar surface area (TPSA) is 122 Å². The Balaban J connectivity index is 1.71. The fourth-order valence-corrected chi connectivity index (χ4v) is 3.87. The van der Waals surface area contributed by atoms with Gasteiger partial charge in [-0.05, 0) is 31.7 Å². The van der Waals surface area contributed by atoms with Gasteiger partial charge in [0.05, 0.1) is 4.92 Å². The number of carbonyl (C=O) groups is 3. The number of imide groups is 1. The molecule has 9 nitrogen and oxygen atoms in total. The summed E-state index contributed by atoms with van der Waals surface area (Å²) in [6.07, 6.45) is 3.28. The number of carbonyl (C=O) groups excluding carboxylic acids is 3. The predicted octanol–water partition coefficient (Wildman–Crippen LogP) is 2.34. The third-order valence-corrected chi connectivity index (χ3v) is 5.49. The Morgan fingerprint density at radius 1 is 1.41 bits per heavy atom. The number of hydrogen-bond donors (Lipinski definition) is 2. The monoisotopic (exact) mass is 374 g/mol. The predicted molar refractivity (Wildman–Crippen MR) is 97.1 cm³/mol. The van der Waals surface area contributed by atoms with Crippen LogP contribution in [0.5, 0.6) is 0 Å². The number of hydrogen-bond acceptors (Lipinski definition) is 5. The molecule has 4 amide bonds. The summed E-state index contributed by atoms with van der Waals surface area (Å²) in [7, 11) is 0. The standard InChI is InChI=1S/C18H22N4O5/c1-11-6-7-13(9-14(11)22(26)27)19-15(23)10-21-16(24)18(20-17(21)25)8-4-3-5-12(18)2/h6-7,9,12H,3-5,8,10H2,1-2H3,(H,19,23)(H,20,25)/t12-,18+/m0/s1. The molecule has 1 heterocycles. The Hall–Kier alpha value is -2.97. The molecule has 2 N–H and O–H groups in total. The summed E-state index contributed by atoms with van der Waals surface area (Å²) in [5.74, 6) is -0.947. The second-order valence-electron chi connectivity index (χ2n) is 7.25. The molecule has 9 heteroatoms. The van der Waals surface area contributed by atoms with E-state index >= 15 is 0 Å². The smallest absolute Gasteiger partial charge is 0.324 e. The number of nitro groups is 1. The molecule has 2 atom stereocenters. The Labute approximate surface area is 156 Å². The van der Waals surface area contributed by atoms with Gasteiger partial charge in [0.1, 0.15) is 12.1 Å². The molecule has 1 aromatic carbocycles. The molecule has 0 bridgehead atoms. The van der Waals surface area contributed by atoms with Gasteiger partial charge >= 0.3 is 6.03 Å². The average molecular weight is 374 g/mol. The average Bonchev–Trinajstić information content (AvgIpc) is 2.84. The number of nitrogens with one attached hydrogen (secondary N) is 2. The van der Waals surface area contributed by atoms with Crippen molar-refractivity contribution in [2.24, 2.45) is 5.92 Å². The maximum atomic E-state index is 12.9. The minimum atomic E-state index is -0.918. The summed E-state index contributed by atoms with van der Waals surface area (Å²) in [4.78, 5) is 48.9. The summed E-state index contributed by atoms with van der Waals surface area (Å²) in [5.41, 5.74) is -0.318. The first-order valence-corrected chi connectivity index (χ1v) is 8.93. The normalized spacial score (nSPS) is 24.8. The molecular formula is C18H22N4O5. The molecular weight excluding hydrogens is 352 g/mol. The van der Waals surface area contributed by atoms with E-state index in [4.69, 9.17) is 0 Å². The highest BCUT2D eigenvalue weighted by Crippen LogP contribution is 2.38. The van der Waals surface area contributed by atoms with Gasteiger partial charge in [-0.1, -0.05) is 25.8 Å². The molecule has 1 saturated heterocycles. The number of rotatable bonds is 4. The van der Waals surface area contributed by atoms with Crippen LogP contribution >= 0.6 is 0 Å². The highest BCUT2D eigenvalue weighted by Gasteiger charge is 2.55. The van der Waals surface area contributed by atoms with E-state index in [0.29, 0.717) is 12.0 Å². The van der Waals surface area contributed by atoms with Crippen LogP contribution in [-0.4, -0.2) is 39.8 Å². The number of anilines is 1. The van der Waals surface area contributed by atoms with Crippen molar-refractivity contribution >= 4 is 29.2 Å². The molecule has 2 aliphatic rings. The van der Waals surface area contributed by atoms with E-state index in [1.54, 1.807) is 6.92 Å². The van der Waals surface area contributed by atoms with Crippen LogP contribution in [0.1, 0.15) is 38.2 Å². The Bertz CT molecular complexity index is 824. The van der Waals surface area contributed by atoms with E-state index in [9.17, 15) is 24.5 Å². The highest BCUT2D eigenvalue weighted by molar-refractivity contribution is 6.10. The van der Waals surface area contributed by atoms with Crippen LogP contribution in [0.2, 0.25) is 0 Å². The summed E-state index contributed by atoms with van der Waals surface area (Å²) in [5, 5.41) is 16.3. The van der Waals surface area contributed by atoms with E-state index in [1.165, 1.54) is 18.2 Å². The third kappa shape index (κ3) is 3.36. The van der Waals surface area contributed by atoms with Gasteiger partial charge in [0.2, 0.25) is 5.91 Å². The van der Waals surface area contributed by atoms with Crippen LogP contribution in [0.25, 0.3) is 0 Å². The maximum Gasteiger partial charge on any atom is 0.325 e. The zero-order valence-electron chi connectivity index (χ0n) is 15.3. The maximum absolute atomic E-state index is 12.9. The molecule has 1 spiro atoms. The lowest BCUT2D eigenvalue weighted by Crippen LogP contribution is -2.54. The molecule has 1 aliphatic carbocycles. The Kier molecular flexibility index (Phi) is 4.86. The van der Waals surface area contributed by atoms with Crippen molar-refractivity contribution in [2.75, 3.05) is 11.9 Å². The minimum Gasteiger partial charge on any atom is -0.324 e. The third-order valence-electron chi connectivity index (χ3n) is 5.49. The van der Waals surface area contributed by atoms with Crippen molar-refractivity contribution < 1.29 is 19.3 Å². The zero-order valence-corrected chi connectivity index (χ0v) is 15.3. The van der Waals surface area contributed by atoms with Crippen molar-refractivity contribution in [3.05, 3.63) is 33.9 Å². The molecule has 0 unspecified atom stereocenters. The van der Waals surface area contributed by atoms with E-state index in [1.807, 2.05) is 6.92 Å². The van der Waals surface area contributed by atoms with Gasteiger partial charge in [-0.3, -0.25) is 24.6 Å². The Morgan fingerprint density at radius 3 is 2.81 bits per heavy atom. The van der Waals surface area contributed by atoms with E-state index < -0.39 is 28.9 Å². The second-order valence-corrected chi connectivity index (χ2v) is 7.25. The van der Waals surface area contributed by atoms with Gasteiger partial charge in [0.15, 0.2) is 0 Å². The lowest BCUT2D eigenvalue weighted by Gasteiger charge is -2.36. The first kappa shape index (κ1) is 18.8. The van der Waals surface area contributed by atoms with E-state index in [0.717, 1.165) is 24.2 Å². The molecule has 1 aliphatic heterocycles. The molecule has 2 fully saturated rings. The number of urea groups is 1. The quantitative estimate of drug-likeness (QED) is 0.476. The van der Waals surface area contributed by atoms with Crippen molar-refractivity contribution in [3.8, 4) is 0 Å². The summed E-state index contributed by atoms with van der Waals surface area (Å²) < 4.78 is 0. The van der Waals surface area contributed by atoms with Gasteiger partial charge in [0.25, 0.3) is 11.6 Å². The fourth-order valence-electron chi connectivity index (χ4n) is 3.87. The Morgan fingerprint density at radius 2 is 2.15 bits per heavy atom. The van der Waals surface area contributed by atoms with E-state index in [2.05, 4.69) is 10.6 Å². The lowest BCUT2D eigenvalue weighted by atomic mass is 9.73. The lowest BCUT2D eigenvalue weighted by molar-refractivity contribution is -0.385. The molecule has 3 rings (SSSR count). The molecule has 0 radical (unpaired) electrons. The van der Waals surface area contributed by atoms with Crippen LogP contribution in [-0.2, 0) is 9.59 Å². The van der Waals surface area contributed by atoms with Gasteiger partial charge in [0, 0.05) is 17.3 Å². The summed E-state index contributed by atoms with van der Waals surface area (Å²) in [6, 6.07) is 3.75. The molecule has 27 heavy (non-hydrogen) atoms. The molecule has 0 aromatic heterocycles. The summed E-state index contributed by atoms with van der Waals surface area (Å²) in [6.45, 7) is 3.11. The number of nitro benzene ring substituents is 1. The first-order chi connectivity index (χ1) is 12.7. The minimum absolute atomic E-state index is 0.00973. The van der Waals surface area contributed by atoms with Crippen LogP contribution in [0.3, 0.4) is 0 Å². The van der Waals surface area contributed by atoms with Crippen LogP contribution < -0.4 is 10.6 Å². The van der Waals surface area contributed by atoms with Gasteiger partial charge in [-0.15, -0.1) is 0 Å². The van der Waals surface area contributed by atoms with Crippen molar-refractivity contribution in [2.45, 2.75) is 45.1 Å². The van der Waals surface area contributed by atoms with Crippen molar-refractivity contribution in [1.29, 1.82) is 0 Å². The van der Waals surface area contributed by atoms with Gasteiger partial charge in [-0.2, -0.15) is 0 Å². The first-order valence-electron chi connectivity index (χ1n) is 8.93. The number of amides is 4. The van der Waals surface area contributed by atoms with Crippen LogP contribution in [0.15, 0.2) is 18.2 Å². The van der Waals surface area contributed by atoms with Crippen LogP contribution in [0, 0.1) is 23.0 Å². The van der Waals surface area contributed by atoms with Crippen molar-refractivity contribution in [3.63, 3.8) is 0 Å². The highest BCUT2D eigenvalue weighted by atomic mass is 16.6. The largest absolute Gasteiger partial charge is 0.325 e. The molecule has 144 valence electrons. The fraction of sp³-hybridized carbons (Fsp3) is 0.500. The van der Waals surface area contributed by atoms with Gasteiger partial charge in [-0.25, -0.2) is 4.79 Å². The number of nitrogens with zero attached hydrogens (tertiary/aromatic N) is 2. The van der Waals surface area contributed by atoms with Gasteiger partial charge < -0.3 is 10.6 Å². The van der Waals surface area contributed by atoms with Crippen LogP contribution in [0.4, 0.5) is 16.2 Å².